The Morgan fingerprint density at radius 1 is 0.788 bits per heavy atom. The summed E-state index contributed by atoms with van der Waals surface area (Å²) in [6.07, 6.45) is 3.13. The highest BCUT2D eigenvalue weighted by Crippen LogP contribution is 2.49. The van der Waals surface area contributed by atoms with E-state index in [9.17, 15) is 8.96 Å². The smallest absolute Gasteiger partial charge is 0.400 e. The third kappa shape index (κ3) is 4.56. The number of aromatic nitrogens is 3. The van der Waals surface area contributed by atoms with Crippen LogP contribution in [0.3, 0.4) is 0 Å². The number of hydrogen-bond acceptors (Lipinski definition) is 5. The van der Waals surface area contributed by atoms with Crippen molar-refractivity contribution in [2.24, 2.45) is 0 Å². The lowest BCUT2D eigenvalue weighted by Gasteiger charge is -2.21. The predicted octanol–water partition coefficient (Wildman–Crippen LogP) is 6.24. The van der Waals surface area contributed by atoms with Gasteiger partial charge < -0.3 is 9.05 Å². The summed E-state index contributed by atoms with van der Waals surface area (Å²) in [5.41, 5.74) is 0.495. The first-order valence-electron chi connectivity index (χ1n) is 10.1. The third-order valence-corrected chi connectivity index (χ3v) is 6.11. The van der Waals surface area contributed by atoms with Crippen molar-refractivity contribution in [3.8, 4) is 17.4 Å². The summed E-state index contributed by atoms with van der Waals surface area (Å²) in [4.78, 5) is 8.56. The number of anilines is 1. The molecule has 164 valence electrons. The zero-order valence-corrected chi connectivity index (χ0v) is 18.1. The Bertz CT molecular complexity index is 1380. The summed E-state index contributed by atoms with van der Waals surface area (Å²) in [5.74, 6) is 0.875. The van der Waals surface area contributed by atoms with Gasteiger partial charge in [-0.15, -0.1) is 0 Å². The van der Waals surface area contributed by atoms with Gasteiger partial charge in [-0.1, -0.05) is 36.4 Å². The summed E-state index contributed by atoms with van der Waals surface area (Å²) < 4.78 is 41.2. The van der Waals surface area contributed by atoms with Gasteiger partial charge in [0.25, 0.3) is 0 Å². The van der Waals surface area contributed by atoms with Crippen LogP contribution in [-0.2, 0) is 4.57 Å². The molecule has 1 N–H and O–H groups in total. The van der Waals surface area contributed by atoms with Crippen molar-refractivity contribution in [2.45, 2.75) is 0 Å². The van der Waals surface area contributed by atoms with E-state index in [0.29, 0.717) is 28.2 Å². The van der Waals surface area contributed by atoms with Crippen molar-refractivity contribution in [1.29, 1.82) is 0 Å². The van der Waals surface area contributed by atoms with E-state index in [1.165, 1.54) is 12.1 Å². The average molecular weight is 460 g/mol. The first-order valence-corrected chi connectivity index (χ1v) is 11.6. The zero-order valence-electron chi connectivity index (χ0n) is 17.2. The third-order valence-electron chi connectivity index (χ3n) is 4.71. The van der Waals surface area contributed by atoms with Crippen LogP contribution in [0.2, 0.25) is 0 Å². The van der Waals surface area contributed by atoms with Gasteiger partial charge in [0.05, 0.1) is 5.52 Å². The number of hydrogen-bond donors (Lipinski definition) is 1. The Balaban J connectivity index is 1.62. The first-order chi connectivity index (χ1) is 16.1. The normalized spacial score (nSPS) is 11.3. The Labute approximate surface area is 189 Å². The van der Waals surface area contributed by atoms with Crippen LogP contribution in [0.5, 0.6) is 11.5 Å². The Kier molecular flexibility index (Phi) is 5.50. The second kappa shape index (κ2) is 8.76. The van der Waals surface area contributed by atoms with Crippen molar-refractivity contribution < 1.29 is 18.0 Å². The van der Waals surface area contributed by atoms with Gasteiger partial charge in [0.2, 0.25) is 5.95 Å². The fourth-order valence-corrected chi connectivity index (χ4v) is 4.70. The van der Waals surface area contributed by atoms with Gasteiger partial charge in [-0.3, -0.25) is 9.65 Å². The minimum Gasteiger partial charge on any atom is -0.400 e. The molecule has 5 rings (SSSR count). The molecular formula is C24H18FN4O3P. The number of rotatable bonds is 7. The topological polar surface area (TPSA) is 78.3 Å². The molecule has 9 heteroatoms. The molecule has 5 aromatic rings. The summed E-state index contributed by atoms with van der Waals surface area (Å²) in [6.45, 7) is 0. The molecule has 0 unspecified atom stereocenters. The van der Waals surface area contributed by atoms with Crippen LogP contribution in [0, 0.1) is 5.82 Å². The quantitative estimate of drug-likeness (QED) is 0.290. The van der Waals surface area contributed by atoms with Crippen LogP contribution < -0.4 is 14.1 Å². The number of nitrogens with zero attached hydrogens (tertiary/aromatic N) is 3. The van der Waals surface area contributed by atoms with Crippen molar-refractivity contribution in [1.82, 2.24) is 14.5 Å². The van der Waals surface area contributed by atoms with E-state index in [1.807, 2.05) is 12.1 Å². The Morgan fingerprint density at radius 2 is 1.39 bits per heavy atom. The molecule has 33 heavy (non-hydrogen) atoms. The second-order valence-corrected chi connectivity index (χ2v) is 8.62. The molecule has 2 aromatic heterocycles. The van der Waals surface area contributed by atoms with E-state index in [0.717, 1.165) is 0 Å². The van der Waals surface area contributed by atoms with E-state index >= 15 is 0 Å². The first kappa shape index (κ1) is 20.7. The minimum absolute atomic E-state index is 0.270. The maximum Gasteiger partial charge on any atom is 0.542 e. The van der Waals surface area contributed by atoms with Crippen LogP contribution >= 0.6 is 7.75 Å². The molecule has 0 radical (unpaired) electrons. The number of fused-ring (bicyclic) bond motifs is 1. The van der Waals surface area contributed by atoms with Crippen LogP contribution in [0.25, 0.3) is 16.9 Å². The van der Waals surface area contributed by atoms with Crippen molar-refractivity contribution >= 4 is 24.5 Å². The lowest BCUT2D eigenvalue weighted by atomic mass is 10.2. The van der Waals surface area contributed by atoms with Gasteiger partial charge in [-0.25, -0.2) is 18.9 Å². The number of nitrogens with one attached hydrogen (secondary N) is 1. The summed E-state index contributed by atoms with van der Waals surface area (Å²) in [5, 5.41) is 3.59. The SMILES string of the molecule is O=P(Nc1cc2ccc(F)cc2n1-c1ncccn1)(Oc1ccccc1)Oc1ccccc1. The second-order valence-electron chi connectivity index (χ2n) is 7.03. The molecule has 7 nitrogen and oxygen atoms in total. The fraction of sp³-hybridized carbons (Fsp3) is 0. The predicted molar refractivity (Wildman–Crippen MR) is 124 cm³/mol. The number of halogens is 1. The van der Waals surface area contributed by atoms with E-state index in [1.54, 1.807) is 83.7 Å². The van der Waals surface area contributed by atoms with E-state index in [2.05, 4.69) is 15.1 Å². The molecule has 0 fully saturated rings. The van der Waals surface area contributed by atoms with Crippen LogP contribution in [0.4, 0.5) is 10.2 Å². The van der Waals surface area contributed by atoms with Crippen LogP contribution in [0.15, 0.2) is 103 Å². The van der Waals surface area contributed by atoms with Crippen LogP contribution in [-0.4, -0.2) is 14.5 Å². The molecule has 3 aromatic carbocycles. The van der Waals surface area contributed by atoms with Crippen molar-refractivity contribution in [3.05, 3.63) is 109 Å². The lowest BCUT2D eigenvalue weighted by Crippen LogP contribution is -2.13. The Morgan fingerprint density at radius 3 is 2.00 bits per heavy atom. The summed E-state index contributed by atoms with van der Waals surface area (Å²) in [6, 6.07) is 25.1. The number of benzene rings is 3. The summed E-state index contributed by atoms with van der Waals surface area (Å²) >= 11 is 0. The maximum atomic E-state index is 14.1. The average Bonchev–Trinajstić information content (AvgIpc) is 3.17. The fourth-order valence-electron chi connectivity index (χ4n) is 3.32. The van der Waals surface area contributed by atoms with Gasteiger partial charge in [-0.2, -0.15) is 0 Å². The monoisotopic (exact) mass is 460 g/mol. The molecule has 0 saturated heterocycles. The Hall–Kier alpha value is -4.16. The van der Waals surface area contributed by atoms with Crippen molar-refractivity contribution in [3.63, 3.8) is 0 Å². The minimum atomic E-state index is -4.02. The molecule has 2 heterocycles. The molecule has 0 bridgehead atoms. The molecule has 0 aliphatic rings. The van der Waals surface area contributed by atoms with E-state index in [4.69, 9.17) is 9.05 Å². The molecule has 0 spiro atoms. The lowest BCUT2D eigenvalue weighted by molar-refractivity contribution is 0.392. The highest BCUT2D eigenvalue weighted by atomic mass is 31.2. The van der Waals surface area contributed by atoms with Gasteiger partial charge in [-0.05, 0) is 54.6 Å². The zero-order chi connectivity index (χ0) is 22.7. The van der Waals surface area contributed by atoms with Gasteiger partial charge in [0, 0.05) is 17.8 Å². The molecule has 0 saturated carbocycles. The molecule has 0 amide bonds. The van der Waals surface area contributed by atoms with Gasteiger partial charge >= 0.3 is 7.75 Å². The highest BCUT2D eigenvalue weighted by Gasteiger charge is 2.31. The van der Waals surface area contributed by atoms with Gasteiger partial charge in [0.15, 0.2) is 0 Å². The summed E-state index contributed by atoms with van der Waals surface area (Å²) in [7, 11) is -4.02. The van der Waals surface area contributed by atoms with E-state index in [-0.39, 0.29) is 5.95 Å². The molecular weight excluding hydrogens is 442 g/mol. The highest BCUT2D eigenvalue weighted by molar-refractivity contribution is 7.56. The molecule has 0 aliphatic heterocycles. The molecule has 0 atom stereocenters. The standard InChI is InChI=1S/C24H18FN4O3P/c25-19-13-12-18-16-23(29(22(18)17-19)24-26-14-7-15-27-24)28-33(30,31-20-8-3-1-4-9-20)32-21-10-5-2-6-11-21/h1-17H,(H,28,30). The number of para-hydroxylation sites is 2. The van der Waals surface area contributed by atoms with Crippen LogP contribution in [0.1, 0.15) is 0 Å². The van der Waals surface area contributed by atoms with Gasteiger partial charge in [0.1, 0.15) is 23.1 Å². The largest absolute Gasteiger partial charge is 0.542 e. The maximum absolute atomic E-state index is 14.1. The van der Waals surface area contributed by atoms with E-state index < -0.39 is 13.6 Å². The van der Waals surface area contributed by atoms with Crippen molar-refractivity contribution in [2.75, 3.05) is 5.09 Å². The molecule has 0 aliphatic carbocycles.